The Kier molecular flexibility index (Phi) is 2.95. The maximum atomic E-state index is 3.83. The Morgan fingerprint density at radius 2 is 1.71 bits per heavy atom. The van der Waals surface area contributed by atoms with Crippen LogP contribution in [0.15, 0.2) is 31.4 Å². The normalized spacial score (nSPS) is 11.1. The fourth-order valence-electron chi connectivity index (χ4n) is 1.53. The van der Waals surface area contributed by atoms with Crippen molar-refractivity contribution < 1.29 is 0 Å². The van der Waals surface area contributed by atoms with E-state index in [0.29, 0.717) is 0 Å². The third-order valence-corrected chi connectivity index (χ3v) is 2.34. The molecule has 74 valence electrons. The minimum atomic E-state index is 0.155. The highest BCUT2D eigenvalue weighted by molar-refractivity contribution is 5.59. The van der Waals surface area contributed by atoms with Crippen LogP contribution < -0.4 is 0 Å². The van der Waals surface area contributed by atoms with E-state index in [1.165, 1.54) is 16.7 Å². The number of hydrogen-bond donors (Lipinski definition) is 0. The summed E-state index contributed by atoms with van der Waals surface area (Å²) >= 11 is 0. The molecule has 0 aliphatic heterocycles. The lowest BCUT2D eigenvalue weighted by Gasteiger charge is -2.22. The van der Waals surface area contributed by atoms with Crippen molar-refractivity contribution >= 4 is 12.2 Å². The Labute approximate surface area is 87.0 Å². The summed E-state index contributed by atoms with van der Waals surface area (Å²) in [5.74, 6) is 0. The zero-order valence-corrected chi connectivity index (χ0v) is 9.30. The smallest absolute Gasteiger partial charge is 0.0126 e. The van der Waals surface area contributed by atoms with Gasteiger partial charge in [0.15, 0.2) is 0 Å². The molecule has 1 aromatic rings. The van der Waals surface area contributed by atoms with Crippen LogP contribution in [0.4, 0.5) is 0 Å². The van der Waals surface area contributed by atoms with Crippen molar-refractivity contribution in [3.8, 4) is 0 Å². The summed E-state index contributed by atoms with van der Waals surface area (Å²) in [5, 5.41) is 0. The summed E-state index contributed by atoms with van der Waals surface area (Å²) in [6.45, 7) is 14.3. The molecule has 1 rings (SSSR count). The van der Waals surface area contributed by atoms with E-state index in [0.717, 1.165) is 0 Å². The van der Waals surface area contributed by atoms with Gasteiger partial charge in [-0.2, -0.15) is 0 Å². The second-order valence-electron chi connectivity index (χ2n) is 4.50. The molecule has 0 amide bonds. The van der Waals surface area contributed by atoms with Crippen molar-refractivity contribution in [1.82, 2.24) is 0 Å². The van der Waals surface area contributed by atoms with E-state index >= 15 is 0 Å². The van der Waals surface area contributed by atoms with Gasteiger partial charge in [0, 0.05) is 0 Å². The van der Waals surface area contributed by atoms with Gasteiger partial charge in [-0.3, -0.25) is 0 Å². The first-order chi connectivity index (χ1) is 6.49. The van der Waals surface area contributed by atoms with E-state index in [1.807, 2.05) is 12.2 Å². The van der Waals surface area contributed by atoms with Crippen LogP contribution in [-0.2, 0) is 5.41 Å². The Bertz CT molecular complexity index is 351. The van der Waals surface area contributed by atoms with Crippen LogP contribution in [0.1, 0.15) is 37.5 Å². The summed E-state index contributed by atoms with van der Waals surface area (Å²) in [6, 6.07) is 6.36. The number of benzene rings is 1. The van der Waals surface area contributed by atoms with Crippen molar-refractivity contribution in [3.63, 3.8) is 0 Å². The fourth-order valence-corrected chi connectivity index (χ4v) is 1.53. The van der Waals surface area contributed by atoms with E-state index in [4.69, 9.17) is 0 Å². The minimum Gasteiger partial charge on any atom is -0.0985 e. The molecule has 0 bridgehead atoms. The van der Waals surface area contributed by atoms with Crippen molar-refractivity contribution in [1.29, 1.82) is 0 Å². The van der Waals surface area contributed by atoms with Crippen LogP contribution in [0.5, 0.6) is 0 Å². The second-order valence-corrected chi connectivity index (χ2v) is 4.50. The summed E-state index contributed by atoms with van der Waals surface area (Å²) < 4.78 is 0. The van der Waals surface area contributed by atoms with Crippen LogP contribution >= 0.6 is 0 Å². The molecule has 1 aromatic carbocycles. The molecule has 0 N–H and O–H groups in total. The highest BCUT2D eigenvalue weighted by Gasteiger charge is 2.16. The van der Waals surface area contributed by atoms with E-state index in [9.17, 15) is 0 Å². The van der Waals surface area contributed by atoms with Crippen molar-refractivity contribution in [2.24, 2.45) is 0 Å². The molecule has 0 radical (unpaired) electrons. The van der Waals surface area contributed by atoms with Gasteiger partial charge >= 0.3 is 0 Å². The van der Waals surface area contributed by atoms with Crippen LogP contribution in [0.2, 0.25) is 0 Å². The molecule has 0 aromatic heterocycles. The Hall–Kier alpha value is -1.30. The average molecular weight is 186 g/mol. The molecule has 14 heavy (non-hydrogen) atoms. The molecular formula is C14H18. The van der Waals surface area contributed by atoms with E-state index in [1.54, 1.807) is 0 Å². The quantitative estimate of drug-likeness (QED) is 0.647. The number of rotatable bonds is 2. The van der Waals surface area contributed by atoms with E-state index in [2.05, 4.69) is 52.1 Å². The standard InChI is InChI=1S/C14H18/c1-6-11-8-9-12(7-2)13(10-11)14(3,4)5/h6-10H,1-2H2,3-5H3. The minimum absolute atomic E-state index is 0.155. The first-order valence-electron chi connectivity index (χ1n) is 4.88. The Morgan fingerprint density at radius 3 is 2.14 bits per heavy atom. The second kappa shape index (κ2) is 3.83. The molecule has 0 heterocycles. The van der Waals surface area contributed by atoms with Crippen LogP contribution in [-0.4, -0.2) is 0 Å². The molecule has 0 spiro atoms. The first-order valence-corrected chi connectivity index (χ1v) is 4.88. The van der Waals surface area contributed by atoms with E-state index < -0.39 is 0 Å². The topological polar surface area (TPSA) is 0 Å². The molecule has 0 saturated heterocycles. The predicted octanol–water partition coefficient (Wildman–Crippen LogP) is 4.27. The van der Waals surface area contributed by atoms with Gasteiger partial charge in [-0.1, -0.05) is 64.3 Å². The molecule has 0 atom stereocenters. The maximum Gasteiger partial charge on any atom is -0.0126 e. The summed E-state index contributed by atoms with van der Waals surface area (Å²) in [7, 11) is 0. The lowest BCUT2D eigenvalue weighted by Crippen LogP contribution is -2.13. The third kappa shape index (κ3) is 2.14. The predicted molar refractivity (Wildman–Crippen MR) is 65.3 cm³/mol. The summed E-state index contributed by atoms with van der Waals surface area (Å²) in [5.41, 5.74) is 3.86. The summed E-state index contributed by atoms with van der Waals surface area (Å²) in [6.07, 6.45) is 3.79. The molecule has 0 aliphatic rings. The van der Waals surface area contributed by atoms with Crippen LogP contribution in [0.3, 0.4) is 0 Å². The molecule has 0 fully saturated rings. The zero-order chi connectivity index (χ0) is 10.8. The van der Waals surface area contributed by atoms with Gasteiger partial charge in [0.1, 0.15) is 0 Å². The number of hydrogen-bond acceptors (Lipinski definition) is 0. The molecule has 0 heteroatoms. The largest absolute Gasteiger partial charge is 0.0985 e. The molecule has 0 unspecified atom stereocenters. The van der Waals surface area contributed by atoms with Crippen molar-refractivity contribution in [2.45, 2.75) is 26.2 Å². The Balaban J connectivity index is 3.36. The highest BCUT2D eigenvalue weighted by Crippen LogP contribution is 2.27. The molecular weight excluding hydrogens is 168 g/mol. The highest BCUT2D eigenvalue weighted by atomic mass is 14.2. The van der Waals surface area contributed by atoms with Crippen molar-refractivity contribution in [3.05, 3.63) is 48.0 Å². The average Bonchev–Trinajstić information content (AvgIpc) is 2.15. The Morgan fingerprint density at radius 1 is 1.07 bits per heavy atom. The van der Waals surface area contributed by atoms with Crippen molar-refractivity contribution in [2.75, 3.05) is 0 Å². The van der Waals surface area contributed by atoms with E-state index in [-0.39, 0.29) is 5.41 Å². The van der Waals surface area contributed by atoms with Gasteiger partial charge in [0.05, 0.1) is 0 Å². The van der Waals surface area contributed by atoms with Crippen LogP contribution in [0, 0.1) is 0 Å². The van der Waals surface area contributed by atoms with Gasteiger partial charge in [0.25, 0.3) is 0 Å². The molecule has 0 nitrogen and oxygen atoms in total. The first kappa shape index (κ1) is 10.8. The van der Waals surface area contributed by atoms with Gasteiger partial charge in [0.2, 0.25) is 0 Å². The van der Waals surface area contributed by atoms with Crippen LogP contribution in [0.25, 0.3) is 12.2 Å². The summed E-state index contributed by atoms with van der Waals surface area (Å²) in [4.78, 5) is 0. The fraction of sp³-hybridized carbons (Fsp3) is 0.286. The van der Waals surface area contributed by atoms with Gasteiger partial charge in [-0.15, -0.1) is 0 Å². The molecule has 0 saturated carbocycles. The monoisotopic (exact) mass is 186 g/mol. The van der Waals surface area contributed by atoms with Gasteiger partial charge in [-0.05, 0) is 22.1 Å². The van der Waals surface area contributed by atoms with Gasteiger partial charge < -0.3 is 0 Å². The molecule has 0 aliphatic carbocycles. The SMILES string of the molecule is C=Cc1ccc(C=C)c(C(C)(C)C)c1. The lowest BCUT2D eigenvalue weighted by molar-refractivity contribution is 0.589. The maximum absolute atomic E-state index is 3.83. The van der Waals surface area contributed by atoms with Gasteiger partial charge in [-0.25, -0.2) is 0 Å². The third-order valence-electron chi connectivity index (χ3n) is 2.34. The zero-order valence-electron chi connectivity index (χ0n) is 9.30. The lowest BCUT2D eigenvalue weighted by atomic mass is 9.83.